The molecule has 1 atom stereocenters. The SMILES string of the molecule is CC1(CNC(=O)c2ccc(F)cc2Br)CCCO1. The summed E-state index contributed by atoms with van der Waals surface area (Å²) < 4.78 is 19.0. The third-order valence-corrected chi connectivity index (χ3v) is 3.76. The summed E-state index contributed by atoms with van der Waals surface area (Å²) in [7, 11) is 0. The maximum atomic E-state index is 12.9. The van der Waals surface area contributed by atoms with Gasteiger partial charge in [-0.3, -0.25) is 4.79 Å². The zero-order valence-electron chi connectivity index (χ0n) is 10.1. The van der Waals surface area contributed by atoms with Gasteiger partial charge in [0.2, 0.25) is 0 Å². The molecular formula is C13H15BrFNO2. The summed E-state index contributed by atoms with van der Waals surface area (Å²) in [6, 6.07) is 4.02. The van der Waals surface area contributed by atoms with Crippen molar-refractivity contribution in [3.8, 4) is 0 Å². The van der Waals surface area contributed by atoms with E-state index in [2.05, 4.69) is 21.2 Å². The second-order valence-corrected chi connectivity index (χ2v) is 5.56. The minimum atomic E-state index is -0.371. The predicted octanol–water partition coefficient (Wildman–Crippen LogP) is 2.89. The lowest BCUT2D eigenvalue weighted by Crippen LogP contribution is -2.40. The molecule has 1 N–H and O–H groups in total. The number of nitrogens with one attached hydrogen (secondary N) is 1. The second-order valence-electron chi connectivity index (χ2n) is 4.71. The van der Waals surface area contributed by atoms with Crippen LogP contribution in [-0.2, 0) is 4.74 Å². The lowest BCUT2D eigenvalue weighted by molar-refractivity contribution is 0.0206. The van der Waals surface area contributed by atoms with Gasteiger partial charge in [-0.2, -0.15) is 0 Å². The van der Waals surface area contributed by atoms with E-state index in [4.69, 9.17) is 4.74 Å². The van der Waals surface area contributed by atoms with Crippen molar-refractivity contribution in [3.05, 3.63) is 34.1 Å². The van der Waals surface area contributed by atoms with Gasteiger partial charge in [-0.25, -0.2) is 4.39 Å². The highest BCUT2D eigenvalue weighted by Crippen LogP contribution is 2.24. The Kier molecular flexibility index (Phi) is 4.02. The lowest BCUT2D eigenvalue weighted by atomic mass is 10.0. The lowest BCUT2D eigenvalue weighted by Gasteiger charge is -2.23. The van der Waals surface area contributed by atoms with Crippen molar-refractivity contribution >= 4 is 21.8 Å². The molecule has 1 aromatic rings. The first-order valence-corrected chi connectivity index (χ1v) is 6.67. The van der Waals surface area contributed by atoms with Crippen LogP contribution in [0.2, 0.25) is 0 Å². The smallest absolute Gasteiger partial charge is 0.252 e. The topological polar surface area (TPSA) is 38.3 Å². The van der Waals surface area contributed by atoms with Crippen molar-refractivity contribution in [1.82, 2.24) is 5.32 Å². The molecule has 3 nitrogen and oxygen atoms in total. The van der Waals surface area contributed by atoms with E-state index in [-0.39, 0.29) is 17.3 Å². The van der Waals surface area contributed by atoms with Crippen molar-refractivity contribution in [2.75, 3.05) is 13.2 Å². The number of amides is 1. The molecular weight excluding hydrogens is 301 g/mol. The molecule has 1 heterocycles. The van der Waals surface area contributed by atoms with E-state index in [0.717, 1.165) is 19.4 Å². The Morgan fingerprint density at radius 1 is 1.61 bits per heavy atom. The third-order valence-electron chi connectivity index (χ3n) is 3.10. The van der Waals surface area contributed by atoms with Gasteiger partial charge in [-0.05, 0) is 53.9 Å². The number of carbonyl (C=O) groups excluding carboxylic acids is 1. The highest BCUT2D eigenvalue weighted by molar-refractivity contribution is 9.10. The quantitative estimate of drug-likeness (QED) is 0.931. The molecule has 0 aromatic heterocycles. The van der Waals surface area contributed by atoms with Crippen molar-refractivity contribution < 1.29 is 13.9 Å². The number of benzene rings is 1. The maximum absolute atomic E-state index is 12.9. The second kappa shape index (κ2) is 5.36. The standard InChI is InChI=1S/C13H15BrFNO2/c1-13(5-2-6-18-13)8-16-12(17)10-4-3-9(15)7-11(10)14/h3-4,7H,2,5-6,8H2,1H3,(H,16,17). The Hall–Kier alpha value is -0.940. The first kappa shape index (κ1) is 13.5. The molecule has 0 aliphatic carbocycles. The maximum Gasteiger partial charge on any atom is 0.252 e. The fourth-order valence-electron chi connectivity index (χ4n) is 2.01. The molecule has 2 rings (SSSR count). The first-order chi connectivity index (χ1) is 8.50. The van der Waals surface area contributed by atoms with Gasteiger partial charge >= 0.3 is 0 Å². The Morgan fingerprint density at radius 2 is 2.39 bits per heavy atom. The van der Waals surface area contributed by atoms with Crippen LogP contribution in [0.3, 0.4) is 0 Å². The molecule has 1 amide bonds. The van der Waals surface area contributed by atoms with E-state index in [1.54, 1.807) is 0 Å². The summed E-state index contributed by atoms with van der Waals surface area (Å²) in [4.78, 5) is 12.0. The molecule has 0 spiro atoms. The summed E-state index contributed by atoms with van der Waals surface area (Å²) in [5.74, 6) is -0.594. The third kappa shape index (κ3) is 3.09. The van der Waals surface area contributed by atoms with E-state index in [1.807, 2.05) is 6.92 Å². The fraction of sp³-hybridized carbons (Fsp3) is 0.462. The number of halogens is 2. The van der Waals surface area contributed by atoms with Gasteiger partial charge in [-0.15, -0.1) is 0 Å². The Labute approximate surface area is 114 Å². The molecule has 0 bridgehead atoms. The molecule has 1 aromatic carbocycles. The van der Waals surface area contributed by atoms with Crippen molar-refractivity contribution in [3.63, 3.8) is 0 Å². The minimum Gasteiger partial charge on any atom is -0.373 e. The summed E-state index contributed by atoms with van der Waals surface area (Å²) in [5, 5.41) is 2.83. The number of rotatable bonds is 3. The molecule has 5 heteroatoms. The van der Waals surface area contributed by atoms with Crippen LogP contribution in [0.25, 0.3) is 0 Å². The Morgan fingerprint density at radius 3 is 3.00 bits per heavy atom. The number of hydrogen-bond acceptors (Lipinski definition) is 2. The molecule has 1 unspecified atom stereocenters. The molecule has 1 saturated heterocycles. The van der Waals surface area contributed by atoms with E-state index in [0.29, 0.717) is 16.6 Å². The fourth-order valence-corrected chi connectivity index (χ4v) is 2.54. The average molecular weight is 316 g/mol. The van der Waals surface area contributed by atoms with Gasteiger partial charge in [0.05, 0.1) is 11.2 Å². The Balaban J connectivity index is 1.99. The summed E-state index contributed by atoms with van der Waals surface area (Å²) >= 11 is 3.18. The van der Waals surface area contributed by atoms with Gasteiger partial charge in [-0.1, -0.05) is 0 Å². The molecule has 18 heavy (non-hydrogen) atoms. The van der Waals surface area contributed by atoms with Gasteiger partial charge in [0.25, 0.3) is 5.91 Å². The first-order valence-electron chi connectivity index (χ1n) is 5.87. The molecule has 1 aliphatic rings. The van der Waals surface area contributed by atoms with Gasteiger partial charge in [0.15, 0.2) is 0 Å². The van der Waals surface area contributed by atoms with Crippen LogP contribution >= 0.6 is 15.9 Å². The van der Waals surface area contributed by atoms with Crippen molar-refractivity contribution in [2.24, 2.45) is 0 Å². The number of hydrogen-bond donors (Lipinski definition) is 1. The molecule has 1 aliphatic heterocycles. The van der Waals surface area contributed by atoms with E-state index < -0.39 is 0 Å². The van der Waals surface area contributed by atoms with Gasteiger partial charge in [0, 0.05) is 17.6 Å². The summed E-state index contributed by atoms with van der Waals surface area (Å²) in [5.41, 5.74) is 0.153. The van der Waals surface area contributed by atoms with E-state index in [1.165, 1.54) is 18.2 Å². The highest BCUT2D eigenvalue weighted by Gasteiger charge is 2.30. The normalized spacial score (nSPS) is 23.1. The van der Waals surface area contributed by atoms with Crippen LogP contribution in [-0.4, -0.2) is 24.7 Å². The predicted molar refractivity (Wildman–Crippen MR) is 70.0 cm³/mol. The minimum absolute atomic E-state index is 0.224. The molecule has 98 valence electrons. The summed E-state index contributed by atoms with van der Waals surface area (Å²) in [6.07, 6.45) is 1.96. The number of carbonyl (C=O) groups is 1. The van der Waals surface area contributed by atoms with Crippen LogP contribution in [0.4, 0.5) is 4.39 Å². The Bertz CT molecular complexity index is 458. The number of ether oxygens (including phenoxy) is 1. The zero-order valence-corrected chi connectivity index (χ0v) is 11.7. The van der Waals surface area contributed by atoms with Crippen LogP contribution < -0.4 is 5.32 Å². The summed E-state index contributed by atoms with van der Waals surface area (Å²) in [6.45, 7) is 3.20. The monoisotopic (exact) mass is 315 g/mol. The molecule has 0 radical (unpaired) electrons. The van der Waals surface area contributed by atoms with Crippen LogP contribution in [0, 0.1) is 5.82 Å². The van der Waals surface area contributed by atoms with Gasteiger partial charge in [0.1, 0.15) is 5.82 Å². The van der Waals surface area contributed by atoms with E-state index in [9.17, 15) is 9.18 Å². The van der Waals surface area contributed by atoms with Crippen molar-refractivity contribution in [2.45, 2.75) is 25.4 Å². The average Bonchev–Trinajstić information content (AvgIpc) is 2.74. The van der Waals surface area contributed by atoms with Crippen LogP contribution in [0.15, 0.2) is 22.7 Å². The van der Waals surface area contributed by atoms with Crippen molar-refractivity contribution in [1.29, 1.82) is 0 Å². The highest BCUT2D eigenvalue weighted by atomic mass is 79.9. The zero-order chi connectivity index (χ0) is 13.2. The van der Waals surface area contributed by atoms with Gasteiger partial charge < -0.3 is 10.1 Å². The molecule has 1 fully saturated rings. The van der Waals surface area contributed by atoms with E-state index >= 15 is 0 Å². The largest absolute Gasteiger partial charge is 0.373 e. The van der Waals surface area contributed by atoms with Crippen LogP contribution in [0.5, 0.6) is 0 Å². The van der Waals surface area contributed by atoms with Crippen LogP contribution in [0.1, 0.15) is 30.1 Å². The molecule has 0 saturated carbocycles.